The highest BCUT2D eigenvalue weighted by Gasteiger charge is 2.14. The van der Waals surface area contributed by atoms with Gasteiger partial charge < -0.3 is 10.1 Å². The van der Waals surface area contributed by atoms with Crippen LogP contribution >= 0.6 is 23.1 Å². The van der Waals surface area contributed by atoms with Crippen LogP contribution < -0.4 is 5.56 Å². The number of rotatable bonds is 4. The number of aryl methyl sites for hydroxylation is 2. The number of nitrogens with zero attached hydrogens (tertiary/aromatic N) is 5. The highest BCUT2D eigenvalue weighted by atomic mass is 32.2. The number of aromatic hydroxyl groups is 1. The van der Waals surface area contributed by atoms with Crippen molar-refractivity contribution in [1.29, 1.82) is 0 Å². The fourth-order valence-electron chi connectivity index (χ4n) is 2.53. The van der Waals surface area contributed by atoms with Gasteiger partial charge in [0.2, 0.25) is 5.16 Å². The van der Waals surface area contributed by atoms with Crippen LogP contribution in [0.3, 0.4) is 0 Å². The summed E-state index contributed by atoms with van der Waals surface area (Å²) in [6.07, 6.45) is 0. The number of tetrazole rings is 1. The maximum Gasteiger partial charge on any atom is 0.259 e. The average Bonchev–Trinajstić information content (AvgIpc) is 3.19. The minimum Gasteiger partial charge on any atom is -0.508 e. The molecule has 0 fully saturated rings. The third kappa shape index (κ3) is 2.97. The van der Waals surface area contributed by atoms with Crippen molar-refractivity contribution in [2.75, 3.05) is 0 Å². The van der Waals surface area contributed by atoms with E-state index in [0.717, 1.165) is 21.0 Å². The number of thioether (sulfide) groups is 1. The first-order chi connectivity index (χ1) is 12.5. The first-order valence-electron chi connectivity index (χ1n) is 7.72. The van der Waals surface area contributed by atoms with Crippen molar-refractivity contribution in [2.24, 2.45) is 0 Å². The fraction of sp³-hybridized carbons (Fsp3) is 0.188. The van der Waals surface area contributed by atoms with Crippen LogP contribution in [0, 0.1) is 13.8 Å². The molecule has 0 unspecified atom stereocenters. The Morgan fingerprint density at radius 3 is 2.81 bits per heavy atom. The first kappa shape index (κ1) is 16.7. The molecule has 0 atom stereocenters. The summed E-state index contributed by atoms with van der Waals surface area (Å²) in [5.74, 6) is 1.18. The molecule has 0 saturated heterocycles. The molecule has 4 rings (SSSR count). The molecular formula is C16H14N6O2S2. The predicted molar refractivity (Wildman–Crippen MR) is 100 cm³/mol. The zero-order valence-electron chi connectivity index (χ0n) is 13.9. The number of hydrogen-bond acceptors (Lipinski definition) is 8. The number of phenolic OH excluding ortho intramolecular Hbond substituents is 1. The van der Waals surface area contributed by atoms with E-state index in [1.165, 1.54) is 23.1 Å². The number of fused-ring (bicyclic) bond motifs is 1. The van der Waals surface area contributed by atoms with Crippen LogP contribution in [0.4, 0.5) is 0 Å². The van der Waals surface area contributed by atoms with E-state index in [9.17, 15) is 9.90 Å². The summed E-state index contributed by atoms with van der Waals surface area (Å²) in [5, 5.41) is 22.3. The Morgan fingerprint density at radius 2 is 2.04 bits per heavy atom. The number of nitrogens with one attached hydrogen (secondary N) is 1. The minimum atomic E-state index is -0.120. The summed E-state index contributed by atoms with van der Waals surface area (Å²) in [6.45, 7) is 3.92. The molecule has 10 heteroatoms. The molecule has 8 nitrogen and oxygen atoms in total. The van der Waals surface area contributed by atoms with E-state index >= 15 is 0 Å². The van der Waals surface area contributed by atoms with Crippen molar-refractivity contribution in [3.63, 3.8) is 0 Å². The maximum absolute atomic E-state index is 12.3. The number of thiophene rings is 1. The third-order valence-corrected chi connectivity index (χ3v) is 5.99. The van der Waals surface area contributed by atoms with Gasteiger partial charge in [0.15, 0.2) is 0 Å². The molecule has 1 aromatic carbocycles. The standard InChI is InChI=1S/C16H14N6O2S2/c1-8-9(2)26-15-13(8)14(24)17-12(18-15)7-25-16-19-20-21-22(16)10-3-5-11(23)6-4-10/h3-6,23H,7H2,1-2H3,(H,17,18,24). The molecule has 132 valence electrons. The second kappa shape index (κ2) is 6.54. The Balaban J connectivity index is 1.61. The van der Waals surface area contributed by atoms with E-state index in [1.54, 1.807) is 28.9 Å². The molecule has 0 bridgehead atoms. The Hall–Kier alpha value is -2.72. The van der Waals surface area contributed by atoms with Crippen molar-refractivity contribution < 1.29 is 5.11 Å². The molecule has 0 radical (unpaired) electrons. The van der Waals surface area contributed by atoms with Crippen molar-refractivity contribution in [2.45, 2.75) is 24.8 Å². The van der Waals surface area contributed by atoms with E-state index in [0.29, 0.717) is 22.1 Å². The molecular weight excluding hydrogens is 372 g/mol. The van der Waals surface area contributed by atoms with Gasteiger partial charge in [0.25, 0.3) is 5.56 Å². The highest BCUT2D eigenvalue weighted by Crippen LogP contribution is 2.27. The molecule has 3 heterocycles. The number of phenols is 1. The van der Waals surface area contributed by atoms with Gasteiger partial charge in [0.05, 0.1) is 16.8 Å². The van der Waals surface area contributed by atoms with Gasteiger partial charge in [-0.2, -0.15) is 4.68 Å². The van der Waals surface area contributed by atoms with Crippen molar-refractivity contribution in [3.05, 3.63) is 50.9 Å². The molecule has 0 aliphatic rings. The average molecular weight is 386 g/mol. The lowest BCUT2D eigenvalue weighted by Gasteiger charge is -2.04. The summed E-state index contributed by atoms with van der Waals surface area (Å²) in [5.41, 5.74) is 1.59. The van der Waals surface area contributed by atoms with Gasteiger partial charge in [-0.05, 0) is 54.1 Å². The Labute approximate surface area is 155 Å². The number of benzene rings is 1. The molecule has 3 aromatic heterocycles. The maximum atomic E-state index is 12.3. The number of aromatic amines is 1. The zero-order valence-corrected chi connectivity index (χ0v) is 15.6. The van der Waals surface area contributed by atoms with Crippen LogP contribution in [-0.4, -0.2) is 35.3 Å². The van der Waals surface area contributed by atoms with Gasteiger partial charge in [-0.3, -0.25) is 4.79 Å². The summed E-state index contributed by atoms with van der Waals surface area (Å²) in [4.78, 5) is 21.6. The summed E-state index contributed by atoms with van der Waals surface area (Å²) in [6, 6.07) is 6.58. The molecule has 0 spiro atoms. The molecule has 0 aliphatic heterocycles. The van der Waals surface area contributed by atoms with Crippen molar-refractivity contribution in [3.8, 4) is 11.4 Å². The van der Waals surface area contributed by atoms with Crippen LogP contribution in [0.5, 0.6) is 5.75 Å². The van der Waals surface area contributed by atoms with Gasteiger partial charge in [0.1, 0.15) is 16.4 Å². The van der Waals surface area contributed by atoms with Crippen LogP contribution in [-0.2, 0) is 5.75 Å². The van der Waals surface area contributed by atoms with E-state index in [-0.39, 0.29) is 11.3 Å². The SMILES string of the molecule is Cc1sc2nc(CSc3nnnn3-c3ccc(O)cc3)[nH]c(=O)c2c1C. The molecule has 0 saturated carbocycles. The van der Waals surface area contributed by atoms with E-state index in [1.807, 2.05) is 13.8 Å². The van der Waals surface area contributed by atoms with Gasteiger partial charge in [-0.1, -0.05) is 11.8 Å². The van der Waals surface area contributed by atoms with Crippen LogP contribution in [0.25, 0.3) is 15.9 Å². The first-order valence-corrected chi connectivity index (χ1v) is 9.52. The third-order valence-electron chi connectivity index (χ3n) is 3.96. The van der Waals surface area contributed by atoms with Crippen LogP contribution in [0.1, 0.15) is 16.3 Å². The van der Waals surface area contributed by atoms with Gasteiger partial charge in [0, 0.05) is 4.88 Å². The van der Waals surface area contributed by atoms with Crippen LogP contribution in [0.15, 0.2) is 34.2 Å². The molecule has 0 aliphatic carbocycles. The quantitative estimate of drug-likeness (QED) is 0.519. The summed E-state index contributed by atoms with van der Waals surface area (Å²) in [7, 11) is 0. The normalized spacial score (nSPS) is 11.3. The number of hydrogen-bond donors (Lipinski definition) is 2. The van der Waals surface area contributed by atoms with Crippen molar-refractivity contribution >= 4 is 33.3 Å². The topological polar surface area (TPSA) is 110 Å². The molecule has 0 amide bonds. The lowest BCUT2D eigenvalue weighted by Crippen LogP contribution is -2.11. The molecule has 2 N–H and O–H groups in total. The van der Waals surface area contributed by atoms with E-state index in [2.05, 4.69) is 25.5 Å². The summed E-state index contributed by atoms with van der Waals surface area (Å²) >= 11 is 2.89. The Morgan fingerprint density at radius 1 is 1.27 bits per heavy atom. The van der Waals surface area contributed by atoms with Crippen LogP contribution in [0.2, 0.25) is 0 Å². The van der Waals surface area contributed by atoms with Crippen molar-refractivity contribution in [1.82, 2.24) is 30.2 Å². The predicted octanol–water partition coefficient (Wildman–Crippen LogP) is 2.58. The van der Waals surface area contributed by atoms with E-state index < -0.39 is 0 Å². The Bertz CT molecular complexity index is 1150. The lowest BCUT2D eigenvalue weighted by molar-refractivity contribution is 0.475. The minimum absolute atomic E-state index is 0.120. The monoisotopic (exact) mass is 386 g/mol. The van der Waals surface area contributed by atoms with E-state index in [4.69, 9.17) is 0 Å². The Kier molecular flexibility index (Phi) is 4.21. The molecule has 4 aromatic rings. The van der Waals surface area contributed by atoms with Gasteiger partial charge >= 0.3 is 0 Å². The lowest BCUT2D eigenvalue weighted by atomic mass is 10.2. The molecule has 26 heavy (non-hydrogen) atoms. The number of aromatic nitrogens is 6. The second-order valence-electron chi connectivity index (χ2n) is 5.65. The number of H-pyrrole nitrogens is 1. The van der Waals surface area contributed by atoms with Gasteiger partial charge in [-0.15, -0.1) is 16.4 Å². The van der Waals surface area contributed by atoms with Gasteiger partial charge in [-0.25, -0.2) is 4.98 Å². The second-order valence-corrected chi connectivity index (χ2v) is 7.80. The smallest absolute Gasteiger partial charge is 0.259 e. The highest BCUT2D eigenvalue weighted by molar-refractivity contribution is 7.98. The largest absolute Gasteiger partial charge is 0.508 e. The zero-order chi connectivity index (χ0) is 18.3. The summed E-state index contributed by atoms with van der Waals surface area (Å²) < 4.78 is 1.57. The fourth-order valence-corrected chi connectivity index (χ4v) is 4.34.